The number of ether oxygens (including phenoxy) is 4. The SMILES string of the molecule is COc1cc(/C=C/C(=O)OC2C[C@@H]3[C@H](O)[C@@H](O)[C@H](C2)N3C)cc(OC)c1OC. The first-order chi connectivity index (χ1) is 13.4. The van der Waals surface area contributed by atoms with E-state index < -0.39 is 18.2 Å². The molecular formula is C20H27NO7. The van der Waals surface area contributed by atoms with Crippen LogP contribution in [0, 0.1) is 0 Å². The summed E-state index contributed by atoms with van der Waals surface area (Å²) >= 11 is 0. The van der Waals surface area contributed by atoms with Gasteiger partial charge in [-0.25, -0.2) is 4.79 Å². The lowest BCUT2D eigenvalue weighted by Crippen LogP contribution is -2.45. The van der Waals surface area contributed by atoms with Crippen molar-refractivity contribution in [1.82, 2.24) is 4.90 Å². The number of piperidine rings is 1. The van der Waals surface area contributed by atoms with Gasteiger partial charge in [-0.05, 0) is 30.8 Å². The van der Waals surface area contributed by atoms with E-state index in [4.69, 9.17) is 18.9 Å². The summed E-state index contributed by atoms with van der Waals surface area (Å²) in [5, 5.41) is 20.2. The van der Waals surface area contributed by atoms with Crippen LogP contribution in [0.1, 0.15) is 18.4 Å². The predicted octanol–water partition coefficient (Wildman–Crippen LogP) is 0.836. The van der Waals surface area contributed by atoms with Gasteiger partial charge < -0.3 is 29.2 Å². The smallest absolute Gasteiger partial charge is 0.331 e. The van der Waals surface area contributed by atoms with E-state index in [9.17, 15) is 15.0 Å². The second-order valence-electron chi connectivity index (χ2n) is 7.10. The Bertz CT molecular complexity index is 699. The maximum atomic E-state index is 12.3. The summed E-state index contributed by atoms with van der Waals surface area (Å²) in [6.07, 6.45) is 1.98. The zero-order valence-electron chi connectivity index (χ0n) is 16.5. The van der Waals surface area contributed by atoms with Crippen LogP contribution in [0.3, 0.4) is 0 Å². The van der Waals surface area contributed by atoms with E-state index >= 15 is 0 Å². The highest BCUT2D eigenvalue weighted by atomic mass is 16.5. The van der Waals surface area contributed by atoms with Gasteiger partial charge in [0.1, 0.15) is 6.10 Å². The molecule has 1 aromatic carbocycles. The summed E-state index contributed by atoms with van der Waals surface area (Å²) in [6.45, 7) is 0. The molecule has 1 aromatic rings. The molecule has 1 unspecified atom stereocenters. The van der Waals surface area contributed by atoms with Crippen LogP contribution < -0.4 is 14.2 Å². The molecule has 154 valence electrons. The molecule has 8 nitrogen and oxygen atoms in total. The minimum absolute atomic E-state index is 0.203. The van der Waals surface area contributed by atoms with Crippen molar-refractivity contribution in [3.63, 3.8) is 0 Å². The van der Waals surface area contributed by atoms with Crippen molar-refractivity contribution in [1.29, 1.82) is 0 Å². The Morgan fingerprint density at radius 3 is 2.04 bits per heavy atom. The average Bonchev–Trinajstić information content (AvgIpc) is 2.81. The number of aliphatic hydroxyl groups excluding tert-OH is 2. The summed E-state index contributed by atoms with van der Waals surface area (Å²) in [6, 6.07) is 3.05. The van der Waals surface area contributed by atoms with Crippen LogP contribution in [0.15, 0.2) is 18.2 Å². The lowest BCUT2D eigenvalue weighted by molar-refractivity contribution is -0.146. The molecule has 2 N–H and O–H groups in total. The Kier molecular flexibility index (Phi) is 6.12. The van der Waals surface area contributed by atoms with Crippen molar-refractivity contribution in [2.45, 2.75) is 43.2 Å². The first kappa shape index (κ1) is 20.4. The molecule has 28 heavy (non-hydrogen) atoms. The number of carbonyl (C=O) groups is 1. The summed E-state index contributed by atoms with van der Waals surface area (Å²) in [4.78, 5) is 14.2. The van der Waals surface area contributed by atoms with Gasteiger partial charge in [0.25, 0.3) is 0 Å². The highest BCUT2D eigenvalue weighted by Gasteiger charge is 2.51. The largest absolute Gasteiger partial charge is 0.493 e. The highest BCUT2D eigenvalue weighted by Crippen LogP contribution is 2.39. The number of rotatable bonds is 6. The summed E-state index contributed by atoms with van der Waals surface area (Å²) in [5.74, 6) is 0.977. The first-order valence-corrected chi connectivity index (χ1v) is 9.16. The fraction of sp³-hybridized carbons (Fsp3) is 0.550. The lowest BCUT2D eigenvalue weighted by atomic mass is 10.00. The Labute approximate surface area is 164 Å². The van der Waals surface area contributed by atoms with Crippen molar-refractivity contribution in [3.8, 4) is 17.2 Å². The van der Waals surface area contributed by atoms with Gasteiger partial charge in [0.2, 0.25) is 5.75 Å². The lowest BCUT2D eigenvalue weighted by Gasteiger charge is -2.35. The predicted molar refractivity (Wildman–Crippen MR) is 102 cm³/mol. The van der Waals surface area contributed by atoms with E-state index in [0.717, 1.165) is 0 Å². The maximum absolute atomic E-state index is 12.3. The third-order valence-electron chi connectivity index (χ3n) is 5.58. The van der Waals surface area contributed by atoms with E-state index in [2.05, 4.69) is 0 Å². The molecule has 2 bridgehead atoms. The van der Waals surface area contributed by atoms with Gasteiger partial charge in [-0.2, -0.15) is 0 Å². The zero-order valence-corrected chi connectivity index (χ0v) is 16.5. The minimum atomic E-state index is -0.812. The average molecular weight is 393 g/mol. The van der Waals surface area contributed by atoms with Crippen molar-refractivity contribution in [3.05, 3.63) is 23.8 Å². The van der Waals surface area contributed by atoms with Crippen molar-refractivity contribution >= 4 is 12.0 Å². The van der Waals surface area contributed by atoms with Crippen LogP contribution in [0.5, 0.6) is 17.2 Å². The topological polar surface area (TPSA) is 97.7 Å². The van der Waals surface area contributed by atoms with Gasteiger partial charge in [0.05, 0.1) is 33.5 Å². The molecule has 0 radical (unpaired) electrons. The zero-order chi connectivity index (χ0) is 20.4. The van der Waals surface area contributed by atoms with Crippen LogP contribution in [0.2, 0.25) is 0 Å². The molecule has 2 saturated heterocycles. The van der Waals surface area contributed by atoms with Gasteiger partial charge in [0.15, 0.2) is 11.5 Å². The second-order valence-corrected chi connectivity index (χ2v) is 7.10. The number of likely N-dealkylation sites (N-methyl/N-ethyl adjacent to an activating group) is 1. The molecule has 2 heterocycles. The molecule has 0 aliphatic carbocycles. The number of esters is 1. The number of fused-ring (bicyclic) bond motifs is 2. The quantitative estimate of drug-likeness (QED) is 0.542. The normalized spacial score (nSPS) is 29.7. The monoisotopic (exact) mass is 393 g/mol. The molecule has 3 rings (SSSR count). The van der Waals surface area contributed by atoms with Crippen LogP contribution in [-0.2, 0) is 9.53 Å². The van der Waals surface area contributed by atoms with E-state index in [-0.39, 0.29) is 18.2 Å². The van der Waals surface area contributed by atoms with E-state index in [1.807, 2.05) is 11.9 Å². The number of methoxy groups -OCH3 is 3. The molecule has 0 spiro atoms. The number of benzene rings is 1. The summed E-state index contributed by atoms with van der Waals surface area (Å²) < 4.78 is 21.4. The summed E-state index contributed by atoms with van der Waals surface area (Å²) in [7, 11) is 6.44. The van der Waals surface area contributed by atoms with E-state index in [1.165, 1.54) is 27.4 Å². The van der Waals surface area contributed by atoms with Gasteiger partial charge >= 0.3 is 5.97 Å². The van der Waals surface area contributed by atoms with Gasteiger partial charge in [-0.15, -0.1) is 0 Å². The molecule has 0 saturated carbocycles. The van der Waals surface area contributed by atoms with Gasteiger partial charge in [0, 0.05) is 31.0 Å². The molecule has 5 atom stereocenters. The number of aliphatic hydroxyl groups is 2. The van der Waals surface area contributed by atoms with Crippen LogP contribution >= 0.6 is 0 Å². The molecule has 8 heteroatoms. The summed E-state index contributed by atoms with van der Waals surface area (Å²) in [5.41, 5.74) is 0.695. The molecule has 0 aromatic heterocycles. The Hall–Kier alpha value is -2.29. The van der Waals surface area contributed by atoms with Gasteiger partial charge in [-0.1, -0.05) is 0 Å². The molecule has 2 fully saturated rings. The van der Waals surface area contributed by atoms with E-state index in [1.54, 1.807) is 18.2 Å². The Morgan fingerprint density at radius 2 is 1.57 bits per heavy atom. The third-order valence-corrected chi connectivity index (χ3v) is 5.58. The fourth-order valence-corrected chi connectivity index (χ4v) is 4.09. The van der Waals surface area contributed by atoms with Crippen molar-refractivity contribution in [2.24, 2.45) is 0 Å². The number of nitrogens with zero attached hydrogens (tertiary/aromatic N) is 1. The van der Waals surface area contributed by atoms with E-state index in [0.29, 0.717) is 35.7 Å². The third kappa shape index (κ3) is 3.80. The minimum Gasteiger partial charge on any atom is -0.493 e. The number of carbonyl (C=O) groups excluding carboxylic acids is 1. The molecule has 2 aliphatic rings. The van der Waals surface area contributed by atoms with Crippen LogP contribution in [0.4, 0.5) is 0 Å². The first-order valence-electron chi connectivity index (χ1n) is 9.16. The Morgan fingerprint density at radius 1 is 1.04 bits per heavy atom. The van der Waals surface area contributed by atoms with Crippen molar-refractivity contribution < 1.29 is 34.0 Å². The molecular weight excluding hydrogens is 366 g/mol. The Balaban J connectivity index is 1.66. The molecule has 0 amide bonds. The second kappa shape index (κ2) is 8.38. The van der Waals surface area contributed by atoms with Gasteiger partial charge in [-0.3, -0.25) is 4.90 Å². The van der Waals surface area contributed by atoms with Crippen molar-refractivity contribution in [2.75, 3.05) is 28.4 Å². The fourth-order valence-electron chi connectivity index (χ4n) is 4.09. The highest BCUT2D eigenvalue weighted by molar-refractivity contribution is 5.87. The molecule has 2 aliphatic heterocycles. The standard InChI is InChI=1S/C20H27NO7/c1-21-13-9-12(10-14(21)19(24)18(13)23)28-17(22)6-5-11-7-15(25-2)20(27-4)16(8-11)26-3/h5-8,12-14,18-19,23-24H,9-10H2,1-4H3/b6-5+/t12?,13-,14+,18-,19-/m0/s1. The maximum Gasteiger partial charge on any atom is 0.331 e. The number of hydrogen-bond acceptors (Lipinski definition) is 8. The van der Waals surface area contributed by atoms with Crippen LogP contribution in [-0.4, -0.2) is 79.9 Å². The van der Waals surface area contributed by atoms with Crippen LogP contribution in [0.25, 0.3) is 6.08 Å². The number of hydrogen-bond donors (Lipinski definition) is 2.